The molecule has 1 unspecified atom stereocenters. The summed E-state index contributed by atoms with van der Waals surface area (Å²) < 4.78 is 5.22. The molecule has 0 spiro atoms. The third kappa shape index (κ3) is 7.11. The van der Waals surface area contributed by atoms with Crippen LogP contribution in [0.15, 0.2) is 35.9 Å². The highest BCUT2D eigenvalue weighted by atomic mass is 16.5. The van der Waals surface area contributed by atoms with Crippen molar-refractivity contribution < 1.29 is 4.74 Å². The molecule has 0 saturated carbocycles. The van der Waals surface area contributed by atoms with Gasteiger partial charge in [0.05, 0.1) is 7.11 Å². The normalized spacial score (nSPS) is 17.6. The van der Waals surface area contributed by atoms with E-state index < -0.39 is 0 Å². The largest absolute Gasteiger partial charge is 0.497 e. The lowest BCUT2D eigenvalue weighted by molar-refractivity contribution is 0.409. The van der Waals surface area contributed by atoms with Crippen molar-refractivity contribution in [3.8, 4) is 5.75 Å². The van der Waals surface area contributed by atoms with Crippen molar-refractivity contribution in [2.75, 3.05) is 7.11 Å². The molecule has 0 aromatic heterocycles. The second-order valence-electron chi connectivity index (χ2n) is 7.41. The predicted molar refractivity (Wildman–Crippen MR) is 105 cm³/mol. The zero-order valence-corrected chi connectivity index (χ0v) is 15.9. The first kappa shape index (κ1) is 19.1. The van der Waals surface area contributed by atoms with Gasteiger partial charge in [-0.1, -0.05) is 75.7 Å². The minimum Gasteiger partial charge on any atom is -0.497 e. The lowest BCUT2D eigenvalue weighted by Gasteiger charge is -2.22. The molecule has 24 heavy (non-hydrogen) atoms. The monoisotopic (exact) mass is 328 g/mol. The van der Waals surface area contributed by atoms with Crippen molar-refractivity contribution in [3.05, 3.63) is 41.5 Å². The number of allylic oxidation sites excluding steroid dienone is 2. The van der Waals surface area contributed by atoms with Gasteiger partial charge in [0.1, 0.15) is 5.75 Å². The summed E-state index contributed by atoms with van der Waals surface area (Å²) in [4.78, 5) is 0. The van der Waals surface area contributed by atoms with Crippen molar-refractivity contribution in [1.82, 2.24) is 0 Å². The van der Waals surface area contributed by atoms with E-state index in [2.05, 4.69) is 37.3 Å². The SMILES string of the molecule is CCCCCCCCC1CC=C(CCc2ccc(OC)cc2)CC1. The maximum atomic E-state index is 5.22. The molecule has 1 aromatic carbocycles. The van der Waals surface area contributed by atoms with Gasteiger partial charge < -0.3 is 4.74 Å². The minimum atomic E-state index is 0.952. The topological polar surface area (TPSA) is 9.23 Å². The summed E-state index contributed by atoms with van der Waals surface area (Å²) in [5, 5.41) is 0. The van der Waals surface area contributed by atoms with Crippen molar-refractivity contribution >= 4 is 0 Å². The first-order valence-corrected chi connectivity index (χ1v) is 10.1. The second kappa shape index (κ2) is 11.3. The number of ether oxygens (including phenoxy) is 1. The van der Waals surface area contributed by atoms with Crippen molar-refractivity contribution in [2.45, 2.75) is 84.0 Å². The molecule has 0 saturated heterocycles. The van der Waals surface area contributed by atoms with Gasteiger partial charge in [-0.15, -0.1) is 0 Å². The van der Waals surface area contributed by atoms with Gasteiger partial charge in [-0.05, 0) is 55.7 Å². The average Bonchev–Trinajstić information content (AvgIpc) is 2.64. The molecule has 1 aliphatic carbocycles. The van der Waals surface area contributed by atoms with Crippen LogP contribution in [-0.4, -0.2) is 7.11 Å². The highest BCUT2D eigenvalue weighted by molar-refractivity contribution is 5.27. The van der Waals surface area contributed by atoms with Crippen LogP contribution in [0.4, 0.5) is 0 Å². The molecule has 1 aliphatic rings. The van der Waals surface area contributed by atoms with E-state index in [1.165, 1.54) is 76.2 Å². The van der Waals surface area contributed by atoms with Crippen LogP contribution in [0.25, 0.3) is 0 Å². The van der Waals surface area contributed by atoms with E-state index in [9.17, 15) is 0 Å². The number of methoxy groups -OCH3 is 1. The van der Waals surface area contributed by atoms with Gasteiger partial charge in [-0.2, -0.15) is 0 Å². The Balaban J connectivity index is 1.60. The van der Waals surface area contributed by atoms with Crippen molar-refractivity contribution in [2.24, 2.45) is 5.92 Å². The summed E-state index contributed by atoms with van der Waals surface area (Å²) in [5.74, 6) is 1.91. The molecule has 0 aliphatic heterocycles. The summed E-state index contributed by atoms with van der Waals surface area (Å²) in [6, 6.07) is 8.54. The van der Waals surface area contributed by atoms with Gasteiger partial charge in [0.25, 0.3) is 0 Å². The van der Waals surface area contributed by atoms with E-state index >= 15 is 0 Å². The van der Waals surface area contributed by atoms with Crippen LogP contribution in [0.3, 0.4) is 0 Å². The van der Waals surface area contributed by atoms with Crippen LogP contribution in [0.5, 0.6) is 5.75 Å². The molecule has 1 aromatic rings. The van der Waals surface area contributed by atoms with E-state index in [0.717, 1.165) is 18.1 Å². The van der Waals surface area contributed by atoms with E-state index in [1.807, 2.05) is 0 Å². The molecular weight excluding hydrogens is 292 g/mol. The quantitative estimate of drug-likeness (QED) is 0.311. The van der Waals surface area contributed by atoms with Crippen LogP contribution in [0.1, 0.15) is 83.1 Å². The minimum absolute atomic E-state index is 0.952. The van der Waals surface area contributed by atoms with Gasteiger partial charge >= 0.3 is 0 Å². The Bertz CT molecular complexity index is 471. The highest BCUT2D eigenvalue weighted by Crippen LogP contribution is 2.30. The molecule has 0 N–H and O–H groups in total. The summed E-state index contributed by atoms with van der Waals surface area (Å²) in [5.41, 5.74) is 3.11. The van der Waals surface area contributed by atoms with Gasteiger partial charge in [0.15, 0.2) is 0 Å². The first-order valence-electron chi connectivity index (χ1n) is 10.1. The van der Waals surface area contributed by atoms with E-state index in [-0.39, 0.29) is 0 Å². The zero-order chi connectivity index (χ0) is 17.0. The molecule has 0 amide bonds. The molecule has 1 nitrogen and oxygen atoms in total. The maximum absolute atomic E-state index is 5.22. The maximum Gasteiger partial charge on any atom is 0.118 e. The van der Waals surface area contributed by atoms with Crippen LogP contribution in [0, 0.1) is 5.92 Å². The van der Waals surface area contributed by atoms with Crippen molar-refractivity contribution in [1.29, 1.82) is 0 Å². The number of unbranched alkanes of at least 4 members (excludes halogenated alkanes) is 5. The number of benzene rings is 1. The molecule has 0 radical (unpaired) electrons. The van der Waals surface area contributed by atoms with Crippen LogP contribution >= 0.6 is 0 Å². The fourth-order valence-electron chi connectivity index (χ4n) is 3.74. The molecule has 0 heterocycles. The van der Waals surface area contributed by atoms with Gasteiger partial charge in [-0.3, -0.25) is 0 Å². The lowest BCUT2D eigenvalue weighted by atomic mass is 9.84. The summed E-state index contributed by atoms with van der Waals surface area (Å²) in [6.07, 6.45) is 19.0. The molecule has 0 bridgehead atoms. The number of rotatable bonds is 11. The number of aryl methyl sites for hydroxylation is 1. The smallest absolute Gasteiger partial charge is 0.118 e. The number of hydrogen-bond donors (Lipinski definition) is 0. The zero-order valence-electron chi connectivity index (χ0n) is 15.9. The molecule has 1 heteroatoms. The lowest BCUT2D eigenvalue weighted by Crippen LogP contribution is -2.06. The Kier molecular flexibility index (Phi) is 9.02. The Hall–Kier alpha value is -1.24. The van der Waals surface area contributed by atoms with E-state index in [0.29, 0.717) is 0 Å². The summed E-state index contributed by atoms with van der Waals surface area (Å²) in [7, 11) is 1.73. The van der Waals surface area contributed by atoms with Gasteiger partial charge in [-0.25, -0.2) is 0 Å². The third-order valence-electron chi connectivity index (χ3n) is 5.47. The van der Waals surface area contributed by atoms with Gasteiger partial charge in [0, 0.05) is 0 Å². The van der Waals surface area contributed by atoms with Crippen LogP contribution < -0.4 is 4.74 Å². The van der Waals surface area contributed by atoms with E-state index in [4.69, 9.17) is 4.74 Å². The summed E-state index contributed by atoms with van der Waals surface area (Å²) >= 11 is 0. The molecule has 134 valence electrons. The Morgan fingerprint density at radius 2 is 1.71 bits per heavy atom. The first-order chi connectivity index (χ1) is 11.8. The number of hydrogen-bond acceptors (Lipinski definition) is 1. The average molecular weight is 329 g/mol. The van der Waals surface area contributed by atoms with E-state index in [1.54, 1.807) is 12.7 Å². The van der Waals surface area contributed by atoms with Gasteiger partial charge in [0.2, 0.25) is 0 Å². The second-order valence-corrected chi connectivity index (χ2v) is 7.41. The van der Waals surface area contributed by atoms with Crippen LogP contribution in [0.2, 0.25) is 0 Å². The van der Waals surface area contributed by atoms with Crippen molar-refractivity contribution in [3.63, 3.8) is 0 Å². The molecule has 0 fully saturated rings. The third-order valence-corrected chi connectivity index (χ3v) is 5.47. The fourth-order valence-corrected chi connectivity index (χ4v) is 3.74. The molecule has 2 rings (SSSR count). The van der Waals surface area contributed by atoms with Crippen LogP contribution in [-0.2, 0) is 6.42 Å². The Morgan fingerprint density at radius 3 is 2.38 bits per heavy atom. The highest BCUT2D eigenvalue weighted by Gasteiger charge is 2.14. The predicted octanol–water partition coefficient (Wildman–Crippen LogP) is 7.10. The molecular formula is C23H36O. The molecule has 1 atom stereocenters. The Labute approximate surface area is 149 Å². The Morgan fingerprint density at radius 1 is 0.958 bits per heavy atom. The summed E-state index contributed by atoms with van der Waals surface area (Å²) in [6.45, 7) is 2.29. The fraction of sp³-hybridized carbons (Fsp3) is 0.652. The standard InChI is InChI=1S/C23H36O/c1-3-4-5-6-7-8-9-20-10-12-21(13-11-20)14-15-22-16-18-23(24-2)19-17-22/h12,16-20H,3-11,13-15H2,1-2H3.